The van der Waals surface area contributed by atoms with Crippen LogP contribution in [0.2, 0.25) is 0 Å². The van der Waals surface area contributed by atoms with Gasteiger partial charge in [-0.2, -0.15) is 0 Å². The Morgan fingerprint density at radius 3 is 2.46 bits per heavy atom. The lowest BCUT2D eigenvalue weighted by Crippen LogP contribution is -2.30. The van der Waals surface area contributed by atoms with Crippen molar-refractivity contribution in [2.24, 2.45) is 11.3 Å². The van der Waals surface area contributed by atoms with Gasteiger partial charge in [-0.05, 0) is 12.3 Å². The molecule has 0 aromatic carbocycles. The normalized spacial score (nSPS) is 33.9. The Bertz CT molecular complexity index is 318. The van der Waals surface area contributed by atoms with Crippen molar-refractivity contribution in [2.75, 3.05) is 11.5 Å². The second kappa shape index (κ2) is 3.25. The lowest BCUT2D eigenvalue weighted by Gasteiger charge is -2.25. The van der Waals surface area contributed by atoms with Crippen LogP contribution in [0, 0.1) is 11.3 Å². The maximum atomic E-state index is 11.2. The molecule has 1 aliphatic heterocycles. The van der Waals surface area contributed by atoms with Gasteiger partial charge in [0.05, 0.1) is 11.5 Å². The van der Waals surface area contributed by atoms with E-state index in [0.717, 1.165) is 6.29 Å². The fraction of sp³-hybridized carbons (Fsp3) is 0.667. The lowest BCUT2D eigenvalue weighted by atomic mass is 9.77. The second-order valence-electron chi connectivity index (χ2n) is 3.72. The Hall–Kier alpha value is -0.640. The summed E-state index contributed by atoms with van der Waals surface area (Å²) in [7, 11) is -3.00. The Morgan fingerprint density at radius 1 is 1.54 bits per heavy atom. The van der Waals surface area contributed by atoms with Gasteiger partial charge in [0, 0.05) is 5.41 Å². The molecule has 1 rings (SSSR count). The first-order valence-electron chi connectivity index (χ1n) is 4.25. The highest BCUT2D eigenvalue weighted by Gasteiger charge is 2.44. The van der Waals surface area contributed by atoms with Gasteiger partial charge >= 0.3 is 0 Å². The molecule has 0 radical (unpaired) electrons. The molecular formula is C9H14O3S. The van der Waals surface area contributed by atoms with E-state index >= 15 is 0 Å². The highest BCUT2D eigenvalue weighted by molar-refractivity contribution is 7.91. The molecule has 3 nitrogen and oxygen atoms in total. The van der Waals surface area contributed by atoms with E-state index < -0.39 is 15.3 Å². The summed E-state index contributed by atoms with van der Waals surface area (Å²) in [5, 5.41) is 0. The smallest absolute Gasteiger partial charge is 0.151 e. The van der Waals surface area contributed by atoms with Crippen molar-refractivity contribution in [1.29, 1.82) is 0 Å². The molecular weight excluding hydrogens is 188 g/mol. The van der Waals surface area contributed by atoms with E-state index in [1.165, 1.54) is 0 Å². The van der Waals surface area contributed by atoms with Gasteiger partial charge in [-0.15, -0.1) is 6.58 Å². The van der Waals surface area contributed by atoms with Crippen molar-refractivity contribution in [2.45, 2.75) is 13.3 Å². The lowest BCUT2D eigenvalue weighted by molar-refractivity contribution is -0.116. The molecule has 2 unspecified atom stereocenters. The third kappa shape index (κ3) is 1.82. The fourth-order valence-corrected chi connectivity index (χ4v) is 3.82. The van der Waals surface area contributed by atoms with Crippen LogP contribution < -0.4 is 0 Å². The minimum Gasteiger partial charge on any atom is -0.303 e. The molecule has 0 aromatic heterocycles. The number of hydrogen-bond acceptors (Lipinski definition) is 3. The fourth-order valence-electron chi connectivity index (χ4n) is 1.69. The third-order valence-electron chi connectivity index (χ3n) is 2.86. The first kappa shape index (κ1) is 10.4. The molecule has 0 amide bonds. The van der Waals surface area contributed by atoms with Gasteiger partial charge in [-0.25, -0.2) is 8.42 Å². The highest BCUT2D eigenvalue weighted by atomic mass is 32.2. The molecule has 1 aliphatic rings. The summed E-state index contributed by atoms with van der Waals surface area (Å²) in [4.78, 5) is 10.9. The van der Waals surface area contributed by atoms with Crippen molar-refractivity contribution >= 4 is 16.1 Å². The molecule has 0 aromatic rings. The predicted octanol–water partition coefficient (Wildman–Crippen LogP) is 0.812. The molecule has 0 aliphatic carbocycles. The minimum atomic E-state index is -3.00. The summed E-state index contributed by atoms with van der Waals surface area (Å²) >= 11 is 0. The average Bonchev–Trinajstić information content (AvgIpc) is 2.41. The van der Waals surface area contributed by atoms with Crippen LogP contribution in [0.4, 0.5) is 0 Å². The monoisotopic (exact) mass is 202 g/mol. The van der Waals surface area contributed by atoms with E-state index in [1.807, 2.05) is 6.92 Å². The standard InChI is InChI=1S/C9H14O3S/c1-3-8(2)9(6-10)4-5-13(11,12)7-9/h3,6,8H,1,4-5,7H2,2H3. The molecule has 1 fully saturated rings. The van der Waals surface area contributed by atoms with E-state index in [4.69, 9.17) is 0 Å². The average molecular weight is 202 g/mol. The molecule has 1 saturated heterocycles. The van der Waals surface area contributed by atoms with Crippen LogP contribution in [0.3, 0.4) is 0 Å². The number of carbonyl (C=O) groups is 1. The number of sulfone groups is 1. The summed E-state index contributed by atoms with van der Waals surface area (Å²) in [6.45, 7) is 5.43. The Kier molecular flexibility index (Phi) is 2.61. The number of allylic oxidation sites excluding steroid dienone is 1. The molecule has 0 spiro atoms. The van der Waals surface area contributed by atoms with Gasteiger partial charge in [0.2, 0.25) is 0 Å². The van der Waals surface area contributed by atoms with Crippen LogP contribution in [0.25, 0.3) is 0 Å². The number of rotatable bonds is 3. The number of aldehydes is 1. The summed E-state index contributed by atoms with van der Waals surface area (Å²) in [5.41, 5.74) is -0.708. The van der Waals surface area contributed by atoms with Crippen LogP contribution in [-0.4, -0.2) is 26.2 Å². The van der Waals surface area contributed by atoms with E-state index in [2.05, 4.69) is 6.58 Å². The zero-order chi connectivity index (χ0) is 10.1. The SMILES string of the molecule is C=CC(C)C1(C=O)CCS(=O)(=O)C1. The van der Waals surface area contributed by atoms with E-state index in [-0.39, 0.29) is 17.4 Å². The minimum absolute atomic E-state index is 0.0172. The second-order valence-corrected chi connectivity index (χ2v) is 5.90. The van der Waals surface area contributed by atoms with Crippen LogP contribution >= 0.6 is 0 Å². The quantitative estimate of drug-likeness (QED) is 0.502. The molecule has 74 valence electrons. The predicted molar refractivity (Wildman–Crippen MR) is 51.1 cm³/mol. The summed E-state index contributed by atoms with van der Waals surface area (Å²) < 4.78 is 22.5. The first-order valence-corrected chi connectivity index (χ1v) is 6.07. The van der Waals surface area contributed by atoms with Gasteiger partial charge in [-0.3, -0.25) is 0 Å². The molecule has 13 heavy (non-hydrogen) atoms. The van der Waals surface area contributed by atoms with Gasteiger partial charge in [0.25, 0.3) is 0 Å². The topological polar surface area (TPSA) is 51.2 Å². The zero-order valence-electron chi connectivity index (χ0n) is 7.69. The van der Waals surface area contributed by atoms with Crippen molar-refractivity contribution in [3.8, 4) is 0 Å². The van der Waals surface area contributed by atoms with Gasteiger partial charge in [-0.1, -0.05) is 13.0 Å². The third-order valence-corrected chi connectivity index (χ3v) is 4.67. The van der Waals surface area contributed by atoms with Crippen LogP contribution in [0.15, 0.2) is 12.7 Å². The highest BCUT2D eigenvalue weighted by Crippen LogP contribution is 2.37. The maximum absolute atomic E-state index is 11.2. The number of hydrogen-bond donors (Lipinski definition) is 0. The van der Waals surface area contributed by atoms with E-state index in [9.17, 15) is 13.2 Å². The van der Waals surface area contributed by atoms with Crippen LogP contribution in [0.5, 0.6) is 0 Å². The molecule has 4 heteroatoms. The van der Waals surface area contributed by atoms with Crippen molar-refractivity contribution in [3.05, 3.63) is 12.7 Å². The van der Waals surface area contributed by atoms with Gasteiger partial charge in [0.1, 0.15) is 6.29 Å². The van der Waals surface area contributed by atoms with Gasteiger partial charge < -0.3 is 4.79 Å². The molecule has 2 atom stereocenters. The molecule has 1 heterocycles. The Balaban J connectivity index is 2.98. The van der Waals surface area contributed by atoms with E-state index in [1.54, 1.807) is 6.08 Å². The van der Waals surface area contributed by atoms with Crippen molar-refractivity contribution in [3.63, 3.8) is 0 Å². The Morgan fingerprint density at radius 2 is 2.15 bits per heavy atom. The largest absolute Gasteiger partial charge is 0.303 e. The first-order chi connectivity index (χ1) is 5.96. The summed E-state index contributed by atoms with van der Waals surface area (Å²) in [6.07, 6.45) is 2.87. The molecule has 0 N–H and O–H groups in total. The Labute approximate surface area is 78.8 Å². The van der Waals surface area contributed by atoms with Crippen molar-refractivity contribution < 1.29 is 13.2 Å². The maximum Gasteiger partial charge on any atom is 0.151 e. The van der Waals surface area contributed by atoms with Crippen LogP contribution in [-0.2, 0) is 14.6 Å². The summed E-state index contributed by atoms with van der Waals surface area (Å²) in [6, 6.07) is 0. The van der Waals surface area contributed by atoms with Crippen molar-refractivity contribution in [1.82, 2.24) is 0 Å². The summed E-state index contributed by atoms with van der Waals surface area (Å²) in [5.74, 6) is 0.0444. The van der Waals surface area contributed by atoms with Gasteiger partial charge in [0.15, 0.2) is 9.84 Å². The van der Waals surface area contributed by atoms with Crippen LogP contribution in [0.1, 0.15) is 13.3 Å². The molecule has 0 bridgehead atoms. The molecule has 0 saturated carbocycles. The zero-order valence-corrected chi connectivity index (χ0v) is 8.51. The van der Waals surface area contributed by atoms with E-state index in [0.29, 0.717) is 6.42 Å². The number of carbonyl (C=O) groups excluding carboxylic acids is 1.